The second-order valence-electron chi connectivity index (χ2n) is 1.88. The minimum atomic E-state index is 0.935. The van der Waals surface area contributed by atoms with Gasteiger partial charge in [-0.1, -0.05) is 13.8 Å². The minimum absolute atomic E-state index is 0.935. The lowest BCUT2D eigenvalue weighted by Crippen LogP contribution is -1.85. The van der Waals surface area contributed by atoms with Crippen molar-refractivity contribution in [1.29, 1.82) is 5.41 Å². The van der Waals surface area contributed by atoms with E-state index in [2.05, 4.69) is 4.98 Å². The molecule has 0 saturated carbocycles. The SMILES string of the molecule is CC.Cc1cnccc1C=N. The Balaban J connectivity index is 0.000000461. The second-order valence-corrected chi connectivity index (χ2v) is 1.88. The fourth-order valence-electron chi connectivity index (χ4n) is 0.646. The van der Waals surface area contributed by atoms with E-state index in [1.807, 2.05) is 26.8 Å². The van der Waals surface area contributed by atoms with Gasteiger partial charge in [0.05, 0.1) is 0 Å². The molecule has 0 fully saturated rings. The number of hydrogen-bond acceptors (Lipinski definition) is 2. The Bertz CT molecular complexity index is 219. The maximum atomic E-state index is 6.93. The summed E-state index contributed by atoms with van der Waals surface area (Å²) in [6, 6.07) is 1.82. The van der Waals surface area contributed by atoms with Gasteiger partial charge in [-0.25, -0.2) is 0 Å². The number of aryl methyl sites for hydroxylation is 1. The van der Waals surface area contributed by atoms with E-state index in [0.717, 1.165) is 11.1 Å². The summed E-state index contributed by atoms with van der Waals surface area (Å²) in [6.45, 7) is 5.94. The predicted molar refractivity (Wildman–Crippen MR) is 48.2 cm³/mol. The Morgan fingerprint density at radius 2 is 2.09 bits per heavy atom. The van der Waals surface area contributed by atoms with Gasteiger partial charge < -0.3 is 5.41 Å². The van der Waals surface area contributed by atoms with E-state index in [9.17, 15) is 0 Å². The van der Waals surface area contributed by atoms with Gasteiger partial charge in [0.15, 0.2) is 0 Å². The molecule has 0 aromatic carbocycles. The first-order valence-electron chi connectivity index (χ1n) is 3.75. The first kappa shape index (κ1) is 9.82. The number of aromatic nitrogens is 1. The molecule has 0 aliphatic heterocycles. The maximum Gasteiger partial charge on any atom is 0.0303 e. The van der Waals surface area contributed by atoms with E-state index in [1.165, 1.54) is 6.21 Å². The van der Waals surface area contributed by atoms with E-state index in [0.29, 0.717) is 0 Å². The zero-order chi connectivity index (χ0) is 8.69. The van der Waals surface area contributed by atoms with E-state index in [1.54, 1.807) is 12.4 Å². The zero-order valence-electron chi connectivity index (χ0n) is 7.26. The van der Waals surface area contributed by atoms with Crippen LogP contribution >= 0.6 is 0 Å². The van der Waals surface area contributed by atoms with Crippen LogP contribution in [-0.2, 0) is 0 Å². The Kier molecular flexibility index (Phi) is 4.99. The van der Waals surface area contributed by atoms with Crippen molar-refractivity contribution < 1.29 is 0 Å². The highest BCUT2D eigenvalue weighted by Crippen LogP contribution is 1.99. The van der Waals surface area contributed by atoms with Crippen LogP contribution in [0.5, 0.6) is 0 Å². The van der Waals surface area contributed by atoms with Crippen molar-refractivity contribution in [3.05, 3.63) is 29.6 Å². The average molecular weight is 150 g/mol. The van der Waals surface area contributed by atoms with Crippen molar-refractivity contribution >= 4 is 6.21 Å². The number of nitrogens with zero attached hydrogens (tertiary/aromatic N) is 1. The fraction of sp³-hybridized carbons (Fsp3) is 0.333. The standard InChI is InChI=1S/C7H8N2.C2H6/c1-6-5-9-3-2-7(6)4-8;1-2/h2-5,8H,1H3;1-2H3. The molecule has 0 radical (unpaired) electrons. The van der Waals surface area contributed by atoms with Gasteiger partial charge in [-0.3, -0.25) is 4.98 Å². The number of hydrogen-bond donors (Lipinski definition) is 1. The molecule has 0 aliphatic carbocycles. The summed E-state index contributed by atoms with van der Waals surface area (Å²) in [4.78, 5) is 3.89. The molecule has 1 N–H and O–H groups in total. The van der Waals surface area contributed by atoms with Crippen molar-refractivity contribution in [3.8, 4) is 0 Å². The van der Waals surface area contributed by atoms with Gasteiger partial charge >= 0.3 is 0 Å². The second kappa shape index (κ2) is 5.59. The van der Waals surface area contributed by atoms with Crippen LogP contribution in [-0.4, -0.2) is 11.2 Å². The third-order valence-corrected chi connectivity index (χ3v) is 1.22. The van der Waals surface area contributed by atoms with Crippen LogP contribution in [0.2, 0.25) is 0 Å². The maximum absolute atomic E-state index is 6.93. The van der Waals surface area contributed by atoms with Gasteiger partial charge in [-0.05, 0) is 24.1 Å². The van der Waals surface area contributed by atoms with Gasteiger partial charge in [0.2, 0.25) is 0 Å². The summed E-state index contributed by atoms with van der Waals surface area (Å²) in [5.41, 5.74) is 1.98. The quantitative estimate of drug-likeness (QED) is 0.613. The minimum Gasteiger partial charge on any atom is -0.308 e. The number of nitrogens with one attached hydrogen (secondary N) is 1. The summed E-state index contributed by atoms with van der Waals surface area (Å²) in [6.07, 6.45) is 4.77. The smallest absolute Gasteiger partial charge is 0.0303 e. The summed E-state index contributed by atoms with van der Waals surface area (Å²) >= 11 is 0. The lowest BCUT2D eigenvalue weighted by Gasteiger charge is -1.93. The van der Waals surface area contributed by atoms with Gasteiger partial charge in [-0.15, -0.1) is 0 Å². The highest BCUT2D eigenvalue weighted by atomic mass is 14.6. The molecule has 0 spiro atoms. The Morgan fingerprint density at radius 1 is 1.45 bits per heavy atom. The zero-order valence-corrected chi connectivity index (χ0v) is 7.26. The first-order chi connectivity index (χ1) is 5.34. The van der Waals surface area contributed by atoms with E-state index < -0.39 is 0 Å². The van der Waals surface area contributed by atoms with Crippen LogP contribution < -0.4 is 0 Å². The third kappa shape index (κ3) is 2.94. The van der Waals surface area contributed by atoms with Crippen LogP contribution in [0.15, 0.2) is 18.5 Å². The first-order valence-corrected chi connectivity index (χ1v) is 3.75. The summed E-state index contributed by atoms with van der Waals surface area (Å²) in [5, 5.41) is 6.93. The number of pyridine rings is 1. The Hall–Kier alpha value is -1.18. The Labute approximate surface area is 67.8 Å². The van der Waals surface area contributed by atoms with E-state index in [-0.39, 0.29) is 0 Å². The molecule has 1 heterocycles. The summed E-state index contributed by atoms with van der Waals surface area (Å²) in [5.74, 6) is 0. The van der Waals surface area contributed by atoms with Crippen molar-refractivity contribution in [2.75, 3.05) is 0 Å². The molecule has 11 heavy (non-hydrogen) atoms. The molecular formula is C9H14N2. The van der Waals surface area contributed by atoms with Crippen molar-refractivity contribution in [2.24, 2.45) is 0 Å². The fourth-order valence-corrected chi connectivity index (χ4v) is 0.646. The molecule has 0 atom stereocenters. The molecule has 1 rings (SSSR count). The Morgan fingerprint density at radius 3 is 2.45 bits per heavy atom. The molecule has 0 amide bonds. The van der Waals surface area contributed by atoms with Crippen LogP contribution in [0.4, 0.5) is 0 Å². The molecule has 2 heteroatoms. The molecule has 0 bridgehead atoms. The predicted octanol–water partition coefficient (Wildman–Crippen LogP) is 2.41. The topological polar surface area (TPSA) is 36.7 Å². The van der Waals surface area contributed by atoms with Crippen molar-refractivity contribution in [3.63, 3.8) is 0 Å². The summed E-state index contributed by atoms with van der Waals surface area (Å²) < 4.78 is 0. The van der Waals surface area contributed by atoms with Crippen molar-refractivity contribution in [1.82, 2.24) is 4.98 Å². The van der Waals surface area contributed by atoms with Crippen molar-refractivity contribution in [2.45, 2.75) is 20.8 Å². The van der Waals surface area contributed by atoms with Crippen LogP contribution in [0.3, 0.4) is 0 Å². The highest BCUT2D eigenvalue weighted by molar-refractivity contribution is 5.78. The highest BCUT2D eigenvalue weighted by Gasteiger charge is 1.88. The molecular weight excluding hydrogens is 136 g/mol. The molecule has 2 nitrogen and oxygen atoms in total. The van der Waals surface area contributed by atoms with Gasteiger partial charge in [-0.2, -0.15) is 0 Å². The van der Waals surface area contributed by atoms with Gasteiger partial charge in [0.1, 0.15) is 0 Å². The van der Waals surface area contributed by atoms with Gasteiger partial charge in [0, 0.05) is 18.6 Å². The average Bonchev–Trinajstić information content (AvgIpc) is 2.09. The molecule has 0 unspecified atom stereocenters. The molecule has 0 aliphatic rings. The van der Waals surface area contributed by atoms with Crippen LogP contribution in [0.1, 0.15) is 25.0 Å². The lowest BCUT2D eigenvalue weighted by molar-refractivity contribution is 1.26. The van der Waals surface area contributed by atoms with E-state index >= 15 is 0 Å². The monoisotopic (exact) mass is 150 g/mol. The third-order valence-electron chi connectivity index (χ3n) is 1.22. The molecule has 0 saturated heterocycles. The van der Waals surface area contributed by atoms with E-state index in [4.69, 9.17) is 5.41 Å². The number of rotatable bonds is 1. The molecule has 1 aromatic rings. The molecule has 60 valence electrons. The van der Waals surface area contributed by atoms with Gasteiger partial charge in [0.25, 0.3) is 0 Å². The summed E-state index contributed by atoms with van der Waals surface area (Å²) in [7, 11) is 0. The normalized spacial score (nSPS) is 7.91. The molecule has 1 aromatic heterocycles. The largest absolute Gasteiger partial charge is 0.308 e. The van der Waals surface area contributed by atoms with Crippen LogP contribution in [0, 0.1) is 12.3 Å². The lowest BCUT2D eigenvalue weighted by atomic mass is 10.2. The van der Waals surface area contributed by atoms with Crippen LogP contribution in [0.25, 0.3) is 0 Å².